The van der Waals surface area contributed by atoms with Gasteiger partial charge in [-0.25, -0.2) is 4.79 Å². The molecule has 3 heterocycles. The third kappa shape index (κ3) is 3.58. The molecule has 0 saturated carbocycles. The molecule has 1 atom stereocenters. The molecule has 7 nitrogen and oxygen atoms in total. The van der Waals surface area contributed by atoms with Crippen molar-refractivity contribution in [2.24, 2.45) is 10.8 Å². The average molecular weight is 427 g/mol. The van der Waals surface area contributed by atoms with Crippen molar-refractivity contribution in [2.45, 2.75) is 32.6 Å². The highest BCUT2D eigenvalue weighted by Gasteiger charge is 2.65. The van der Waals surface area contributed by atoms with Crippen molar-refractivity contribution in [2.75, 3.05) is 53.4 Å². The van der Waals surface area contributed by atoms with Crippen LogP contribution in [0.4, 0.5) is 4.79 Å². The van der Waals surface area contributed by atoms with E-state index in [1.807, 2.05) is 52.0 Å². The smallest absolute Gasteiger partial charge is 0.319 e. The summed E-state index contributed by atoms with van der Waals surface area (Å²) in [5, 5.41) is 0. The van der Waals surface area contributed by atoms with Gasteiger partial charge < -0.3 is 19.6 Å². The Labute approximate surface area is 185 Å². The van der Waals surface area contributed by atoms with E-state index < -0.39 is 5.41 Å². The number of amides is 4. The first-order valence-corrected chi connectivity index (χ1v) is 11.4. The Kier molecular flexibility index (Phi) is 5.71. The van der Waals surface area contributed by atoms with Crippen LogP contribution in [0.2, 0.25) is 0 Å². The Morgan fingerprint density at radius 1 is 0.968 bits per heavy atom. The summed E-state index contributed by atoms with van der Waals surface area (Å²) in [5.41, 5.74) is 0.268. The number of nitrogens with zero attached hydrogens (tertiary/aromatic N) is 4. The molecule has 0 bridgehead atoms. The van der Waals surface area contributed by atoms with Crippen LogP contribution in [0.3, 0.4) is 0 Å². The number of hydrogen-bond acceptors (Lipinski definition) is 3. The van der Waals surface area contributed by atoms with E-state index in [1.54, 1.807) is 19.0 Å². The zero-order chi connectivity index (χ0) is 22.2. The molecule has 7 heteroatoms. The second kappa shape index (κ2) is 8.17. The lowest BCUT2D eigenvalue weighted by Crippen LogP contribution is -2.53. The van der Waals surface area contributed by atoms with Crippen LogP contribution in [0.1, 0.15) is 31.7 Å². The summed E-state index contributed by atoms with van der Waals surface area (Å²) in [5.74, 6) is 0.343. The van der Waals surface area contributed by atoms with Crippen LogP contribution in [0.25, 0.3) is 0 Å². The van der Waals surface area contributed by atoms with E-state index in [9.17, 15) is 14.4 Å². The summed E-state index contributed by atoms with van der Waals surface area (Å²) >= 11 is 0. The number of carbonyl (C=O) groups is 3. The number of urea groups is 1. The van der Waals surface area contributed by atoms with Crippen molar-refractivity contribution < 1.29 is 14.4 Å². The summed E-state index contributed by atoms with van der Waals surface area (Å²) in [6, 6.07) is 9.81. The van der Waals surface area contributed by atoms with Gasteiger partial charge in [-0.2, -0.15) is 0 Å². The number of rotatable bonds is 3. The van der Waals surface area contributed by atoms with Crippen LogP contribution in [0.5, 0.6) is 0 Å². The second-order valence-electron chi connectivity index (χ2n) is 9.57. The molecule has 2 spiro atoms. The highest BCUT2D eigenvalue weighted by molar-refractivity contribution is 5.88. The van der Waals surface area contributed by atoms with Crippen molar-refractivity contribution in [1.82, 2.24) is 19.6 Å². The van der Waals surface area contributed by atoms with E-state index >= 15 is 0 Å². The molecule has 0 aliphatic carbocycles. The van der Waals surface area contributed by atoms with Gasteiger partial charge in [0.25, 0.3) is 0 Å². The highest BCUT2D eigenvalue weighted by Crippen LogP contribution is 2.58. The zero-order valence-electron chi connectivity index (χ0n) is 19.0. The monoisotopic (exact) mass is 426 g/mol. The van der Waals surface area contributed by atoms with E-state index in [4.69, 9.17) is 0 Å². The van der Waals surface area contributed by atoms with Gasteiger partial charge in [0.05, 0.1) is 11.8 Å². The molecule has 0 aromatic heterocycles. The zero-order valence-corrected chi connectivity index (χ0v) is 19.0. The largest absolute Gasteiger partial charge is 0.342 e. The van der Waals surface area contributed by atoms with Gasteiger partial charge in [-0.15, -0.1) is 0 Å². The van der Waals surface area contributed by atoms with E-state index in [1.165, 1.54) is 0 Å². The number of fused-ring (bicyclic) bond motifs is 1. The number of benzene rings is 1. The molecule has 4 amide bonds. The van der Waals surface area contributed by atoms with Gasteiger partial charge in [-0.05, 0) is 31.7 Å². The van der Waals surface area contributed by atoms with Gasteiger partial charge in [-0.3, -0.25) is 9.59 Å². The fourth-order valence-electron chi connectivity index (χ4n) is 5.96. The fraction of sp³-hybridized carbons (Fsp3) is 0.625. The number of piperidine rings is 1. The molecule has 3 aliphatic heterocycles. The molecule has 0 radical (unpaired) electrons. The Morgan fingerprint density at radius 3 is 2.23 bits per heavy atom. The van der Waals surface area contributed by atoms with Crippen LogP contribution in [-0.2, 0) is 16.0 Å². The van der Waals surface area contributed by atoms with Crippen LogP contribution < -0.4 is 0 Å². The van der Waals surface area contributed by atoms with Gasteiger partial charge in [0.1, 0.15) is 0 Å². The standard InChI is InChI=1S/C24H34N4O3/c1-4-26-15-12-24(21(26)30)18-28(22(31)25(2)3)17-23(24)10-13-27(14-11-23)20(29)16-19-8-6-5-7-9-19/h5-9H,4,10-18H2,1-3H3. The second-order valence-corrected chi connectivity index (χ2v) is 9.57. The summed E-state index contributed by atoms with van der Waals surface area (Å²) in [6.07, 6.45) is 2.75. The summed E-state index contributed by atoms with van der Waals surface area (Å²) in [6.45, 7) is 5.89. The molecular weight excluding hydrogens is 392 g/mol. The SMILES string of the molecule is CCN1CCC2(CN(C(=O)N(C)C)CC23CCN(C(=O)Cc2ccccc2)CC3)C1=O. The van der Waals surface area contributed by atoms with E-state index in [0.29, 0.717) is 39.1 Å². The highest BCUT2D eigenvalue weighted by atomic mass is 16.2. The van der Waals surface area contributed by atoms with Crippen LogP contribution in [0.15, 0.2) is 30.3 Å². The van der Waals surface area contributed by atoms with Gasteiger partial charge in [0.2, 0.25) is 11.8 Å². The molecule has 1 aromatic rings. The molecule has 4 rings (SSSR count). The minimum Gasteiger partial charge on any atom is -0.342 e. The lowest BCUT2D eigenvalue weighted by Gasteiger charge is -2.46. The molecule has 3 saturated heterocycles. The topological polar surface area (TPSA) is 64.2 Å². The molecular formula is C24H34N4O3. The maximum atomic E-state index is 13.5. The van der Waals surface area contributed by atoms with Crippen molar-refractivity contribution in [3.8, 4) is 0 Å². The minimum absolute atomic E-state index is 0.0263. The normalized spacial score (nSPS) is 25.0. The Bertz CT molecular complexity index is 848. The van der Waals surface area contributed by atoms with Crippen molar-refractivity contribution >= 4 is 17.8 Å². The molecule has 168 valence electrons. The summed E-state index contributed by atoms with van der Waals surface area (Å²) in [7, 11) is 3.53. The third-order valence-electron chi connectivity index (χ3n) is 7.78. The van der Waals surface area contributed by atoms with Crippen molar-refractivity contribution in [3.05, 3.63) is 35.9 Å². The maximum absolute atomic E-state index is 13.5. The Hall–Kier alpha value is -2.57. The van der Waals surface area contributed by atoms with Crippen LogP contribution in [-0.4, -0.2) is 90.8 Å². The predicted octanol–water partition coefficient (Wildman–Crippen LogP) is 2.07. The lowest BCUT2D eigenvalue weighted by molar-refractivity contribution is -0.143. The lowest BCUT2D eigenvalue weighted by atomic mass is 9.60. The average Bonchev–Trinajstić information content (AvgIpc) is 3.26. The molecule has 31 heavy (non-hydrogen) atoms. The number of hydrogen-bond donors (Lipinski definition) is 0. The van der Waals surface area contributed by atoms with Gasteiger partial charge >= 0.3 is 6.03 Å². The van der Waals surface area contributed by atoms with Crippen LogP contribution >= 0.6 is 0 Å². The minimum atomic E-state index is -0.511. The first-order valence-electron chi connectivity index (χ1n) is 11.4. The molecule has 3 fully saturated rings. The summed E-state index contributed by atoms with van der Waals surface area (Å²) < 4.78 is 0. The van der Waals surface area contributed by atoms with Crippen molar-refractivity contribution in [3.63, 3.8) is 0 Å². The molecule has 0 N–H and O–H groups in total. The Balaban J connectivity index is 1.53. The van der Waals surface area contributed by atoms with E-state index in [-0.39, 0.29) is 23.3 Å². The first kappa shape index (κ1) is 21.7. The molecule has 3 aliphatic rings. The fourth-order valence-corrected chi connectivity index (χ4v) is 5.96. The van der Waals surface area contributed by atoms with Gasteiger partial charge in [-0.1, -0.05) is 30.3 Å². The summed E-state index contributed by atoms with van der Waals surface area (Å²) in [4.78, 5) is 46.6. The number of likely N-dealkylation sites (tertiary alicyclic amines) is 3. The predicted molar refractivity (Wildman–Crippen MR) is 118 cm³/mol. The Morgan fingerprint density at radius 2 is 1.65 bits per heavy atom. The number of carbonyl (C=O) groups excluding carboxylic acids is 3. The quantitative estimate of drug-likeness (QED) is 0.743. The molecule has 1 aromatic carbocycles. The van der Waals surface area contributed by atoms with Gasteiger partial charge in [0.15, 0.2) is 0 Å². The first-order chi connectivity index (χ1) is 14.8. The molecule has 1 unspecified atom stereocenters. The van der Waals surface area contributed by atoms with Gasteiger partial charge in [0, 0.05) is 58.8 Å². The van der Waals surface area contributed by atoms with E-state index in [0.717, 1.165) is 31.4 Å². The van der Waals surface area contributed by atoms with E-state index in [2.05, 4.69) is 0 Å². The maximum Gasteiger partial charge on any atom is 0.319 e. The van der Waals surface area contributed by atoms with Crippen LogP contribution in [0, 0.1) is 10.8 Å². The third-order valence-corrected chi connectivity index (χ3v) is 7.78. The van der Waals surface area contributed by atoms with Crippen molar-refractivity contribution in [1.29, 1.82) is 0 Å².